The Morgan fingerprint density at radius 2 is 1.54 bits per heavy atom. The molecule has 0 heterocycles. The van der Waals surface area contributed by atoms with Gasteiger partial charge in [0.1, 0.15) is 5.84 Å². The average Bonchev–Trinajstić information content (AvgIpc) is 2.62. The molecule has 0 fully saturated rings. The van der Waals surface area contributed by atoms with Crippen LogP contribution in [-0.4, -0.2) is 29.7 Å². The number of hydrogen-bond donors (Lipinski definition) is 6. The fraction of sp³-hybridized carbons (Fsp3) is 0.0714. The van der Waals surface area contributed by atoms with E-state index in [1.54, 1.807) is 6.07 Å². The van der Waals surface area contributed by atoms with E-state index in [-0.39, 0.29) is 15.4 Å². The van der Waals surface area contributed by atoms with Crippen LogP contribution in [0.15, 0.2) is 52.3 Å². The van der Waals surface area contributed by atoms with Gasteiger partial charge in [0.25, 0.3) is 0 Å². The van der Waals surface area contributed by atoms with Gasteiger partial charge >= 0.3 is 0 Å². The molecule has 10 nitrogen and oxygen atoms in total. The van der Waals surface area contributed by atoms with Crippen LogP contribution in [0, 0.1) is 5.41 Å². The lowest BCUT2D eigenvalue weighted by Crippen LogP contribution is -2.21. The molecule has 0 aliphatic heterocycles. The van der Waals surface area contributed by atoms with Crippen molar-refractivity contribution < 1.29 is 16.8 Å². The third-order valence-electron chi connectivity index (χ3n) is 3.35. The molecule has 2 aromatic carbocycles. The lowest BCUT2D eigenvalue weighted by molar-refractivity contribution is 0.588. The molecule has 0 unspecified atom stereocenters. The molecule has 0 radical (unpaired) electrons. The topological polar surface area (TPSA) is 208 Å². The SMILES string of the molecule is CNS(=O)(=O)c1ccc(-c2cccc(S(N)(=O)=O)c2C(=N)N)cc1.NN. The summed E-state index contributed by atoms with van der Waals surface area (Å²) in [4.78, 5) is -0.208. The van der Waals surface area contributed by atoms with Crippen molar-refractivity contribution in [1.29, 1.82) is 5.41 Å². The summed E-state index contributed by atoms with van der Waals surface area (Å²) in [5, 5.41) is 12.8. The van der Waals surface area contributed by atoms with Gasteiger partial charge in [-0.05, 0) is 36.4 Å². The Labute approximate surface area is 151 Å². The van der Waals surface area contributed by atoms with Crippen molar-refractivity contribution in [1.82, 2.24) is 4.72 Å². The Bertz CT molecular complexity index is 1000. The number of hydrazine groups is 1. The number of rotatable bonds is 5. The highest BCUT2D eigenvalue weighted by Gasteiger charge is 2.20. The summed E-state index contributed by atoms with van der Waals surface area (Å²) in [6.45, 7) is 0. The van der Waals surface area contributed by atoms with Crippen LogP contribution in [0.4, 0.5) is 0 Å². The minimum Gasteiger partial charge on any atom is -0.384 e. The molecule has 2 aromatic rings. The molecule has 0 aliphatic rings. The zero-order valence-corrected chi connectivity index (χ0v) is 15.4. The van der Waals surface area contributed by atoms with Crippen LogP contribution in [0.25, 0.3) is 11.1 Å². The van der Waals surface area contributed by atoms with Gasteiger partial charge in [-0.15, -0.1) is 0 Å². The van der Waals surface area contributed by atoms with E-state index in [2.05, 4.69) is 16.4 Å². The molecule has 0 spiro atoms. The van der Waals surface area contributed by atoms with Crippen molar-refractivity contribution in [2.45, 2.75) is 9.79 Å². The van der Waals surface area contributed by atoms with E-state index in [0.717, 1.165) is 0 Å². The number of nitrogens with one attached hydrogen (secondary N) is 2. The summed E-state index contributed by atoms with van der Waals surface area (Å²) >= 11 is 0. The fourth-order valence-corrected chi connectivity index (χ4v) is 3.72. The van der Waals surface area contributed by atoms with Crippen molar-refractivity contribution >= 4 is 25.9 Å². The number of sulfonamides is 2. The van der Waals surface area contributed by atoms with E-state index in [9.17, 15) is 16.8 Å². The number of benzene rings is 2. The summed E-state index contributed by atoms with van der Waals surface area (Å²) in [5.74, 6) is 7.54. The minimum atomic E-state index is -4.07. The normalized spacial score (nSPS) is 11.4. The first kappa shape index (κ1) is 21.7. The third-order valence-corrected chi connectivity index (χ3v) is 5.73. The molecule has 10 N–H and O–H groups in total. The quantitative estimate of drug-likeness (QED) is 0.160. The fourth-order valence-electron chi connectivity index (χ4n) is 2.22. The summed E-state index contributed by atoms with van der Waals surface area (Å²) in [6.07, 6.45) is 0. The van der Waals surface area contributed by atoms with E-state index in [0.29, 0.717) is 11.1 Å². The van der Waals surface area contributed by atoms with Crippen LogP contribution >= 0.6 is 0 Å². The lowest BCUT2D eigenvalue weighted by Gasteiger charge is -2.13. The minimum absolute atomic E-state index is 0.0239. The van der Waals surface area contributed by atoms with E-state index in [1.165, 1.54) is 43.4 Å². The zero-order chi connectivity index (χ0) is 20.1. The first-order chi connectivity index (χ1) is 12.1. The molecule has 0 saturated carbocycles. The number of nitrogen functional groups attached to an aromatic ring is 1. The second-order valence-corrected chi connectivity index (χ2v) is 8.29. The molecule has 0 amide bonds. The van der Waals surface area contributed by atoms with Gasteiger partial charge in [0.05, 0.1) is 9.79 Å². The number of primary sulfonamides is 1. The predicted octanol–water partition coefficient (Wildman–Crippen LogP) is -0.988. The van der Waals surface area contributed by atoms with Gasteiger partial charge in [-0.2, -0.15) is 0 Å². The van der Waals surface area contributed by atoms with Crippen LogP contribution in [0.2, 0.25) is 0 Å². The summed E-state index contributed by atoms with van der Waals surface area (Å²) < 4.78 is 49.1. The first-order valence-electron chi connectivity index (χ1n) is 6.95. The molecule has 12 heteroatoms. The summed E-state index contributed by atoms with van der Waals surface area (Å²) in [6, 6.07) is 10.0. The Balaban J connectivity index is 0.00000163. The third kappa shape index (κ3) is 4.63. The van der Waals surface area contributed by atoms with Gasteiger partial charge in [-0.25, -0.2) is 26.7 Å². The molecule has 0 atom stereocenters. The standard InChI is InChI=1S/C14H16N4O4S2.H4N2/c1-18-24(21,22)10-7-5-9(6-8-10)11-3-2-4-12(23(17,19)20)13(11)14(15)16;1-2/h2-8,18H,1H3,(H3,15,16)(H2,17,19,20);1-2H2. The molecule has 2 rings (SSSR count). The second-order valence-electron chi connectivity index (χ2n) is 4.87. The Kier molecular flexibility index (Phi) is 6.97. The van der Waals surface area contributed by atoms with Gasteiger partial charge in [0.15, 0.2) is 0 Å². The van der Waals surface area contributed by atoms with Crippen molar-refractivity contribution in [2.75, 3.05) is 7.05 Å². The van der Waals surface area contributed by atoms with Gasteiger partial charge in [0, 0.05) is 5.56 Å². The Hall–Kier alpha value is -2.35. The molecule has 0 saturated heterocycles. The van der Waals surface area contributed by atoms with Gasteiger partial charge in [-0.3, -0.25) is 17.1 Å². The molecule has 0 aliphatic carbocycles. The Morgan fingerprint density at radius 3 is 1.96 bits per heavy atom. The second kappa shape index (κ2) is 8.35. The maximum absolute atomic E-state index is 11.7. The average molecular weight is 400 g/mol. The molecule has 0 bridgehead atoms. The van der Waals surface area contributed by atoms with Crippen LogP contribution < -0.4 is 27.3 Å². The first-order valence-corrected chi connectivity index (χ1v) is 9.98. The van der Waals surface area contributed by atoms with Gasteiger partial charge in [0.2, 0.25) is 20.0 Å². The summed E-state index contributed by atoms with van der Waals surface area (Å²) in [7, 11) is -6.36. The maximum atomic E-state index is 11.7. The van der Waals surface area contributed by atoms with Crippen molar-refractivity contribution in [2.24, 2.45) is 22.6 Å². The molecular formula is C14H20N6O4S2. The van der Waals surface area contributed by atoms with Crippen LogP contribution in [0.5, 0.6) is 0 Å². The van der Waals surface area contributed by atoms with Crippen molar-refractivity contribution in [3.8, 4) is 11.1 Å². The monoisotopic (exact) mass is 400 g/mol. The van der Waals surface area contributed by atoms with E-state index in [1.807, 2.05) is 0 Å². The van der Waals surface area contributed by atoms with Crippen LogP contribution in [0.1, 0.15) is 5.56 Å². The number of nitrogens with two attached hydrogens (primary N) is 4. The highest BCUT2D eigenvalue weighted by molar-refractivity contribution is 7.89. The van der Waals surface area contributed by atoms with Gasteiger partial charge in [-0.1, -0.05) is 24.3 Å². The van der Waals surface area contributed by atoms with Crippen LogP contribution in [0.3, 0.4) is 0 Å². The molecule has 26 heavy (non-hydrogen) atoms. The summed E-state index contributed by atoms with van der Waals surface area (Å²) in [5.41, 5.74) is 6.37. The highest BCUT2D eigenvalue weighted by Crippen LogP contribution is 2.29. The van der Waals surface area contributed by atoms with E-state index < -0.39 is 25.9 Å². The molecule has 142 valence electrons. The Morgan fingerprint density at radius 1 is 1.00 bits per heavy atom. The smallest absolute Gasteiger partial charge is 0.240 e. The van der Waals surface area contributed by atoms with E-state index >= 15 is 0 Å². The molecule has 0 aromatic heterocycles. The van der Waals surface area contributed by atoms with E-state index in [4.69, 9.17) is 16.3 Å². The predicted molar refractivity (Wildman–Crippen MR) is 98.9 cm³/mol. The highest BCUT2D eigenvalue weighted by atomic mass is 32.2. The van der Waals surface area contributed by atoms with Crippen molar-refractivity contribution in [3.63, 3.8) is 0 Å². The van der Waals surface area contributed by atoms with Gasteiger partial charge < -0.3 is 5.73 Å². The van der Waals surface area contributed by atoms with Crippen LogP contribution in [-0.2, 0) is 20.0 Å². The van der Waals surface area contributed by atoms with Crippen molar-refractivity contribution in [3.05, 3.63) is 48.0 Å². The largest absolute Gasteiger partial charge is 0.384 e. The number of amidine groups is 1. The maximum Gasteiger partial charge on any atom is 0.240 e. The molecular weight excluding hydrogens is 380 g/mol. The zero-order valence-electron chi connectivity index (χ0n) is 13.8. The lowest BCUT2D eigenvalue weighted by atomic mass is 9.99. The number of hydrogen-bond acceptors (Lipinski definition) is 7.